The molecule has 0 saturated heterocycles. The number of aliphatic carboxylic acids is 1. The number of carboxylic acid groups (broad SMARTS) is 1. The van der Waals surface area contributed by atoms with Gasteiger partial charge in [-0.3, -0.25) is 4.79 Å². The summed E-state index contributed by atoms with van der Waals surface area (Å²) in [6.45, 7) is 3.46. The number of rotatable bonds is 3. The van der Waals surface area contributed by atoms with E-state index in [0.717, 1.165) is 16.5 Å². The molecule has 0 aliphatic rings. The molecule has 18 heavy (non-hydrogen) atoms. The number of hydrogen-bond donors (Lipinski definition) is 1. The lowest BCUT2D eigenvalue weighted by atomic mass is 9.86. The van der Waals surface area contributed by atoms with E-state index in [1.807, 2.05) is 36.0 Å². The van der Waals surface area contributed by atoms with Crippen LogP contribution in [0.25, 0.3) is 10.9 Å². The molecule has 4 heteroatoms. The average molecular weight is 266 g/mol. The third-order valence-corrected chi connectivity index (χ3v) is 3.53. The number of halogens is 1. The first-order chi connectivity index (χ1) is 8.31. The first-order valence-corrected chi connectivity index (χ1v) is 6.16. The fourth-order valence-electron chi connectivity index (χ4n) is 2.09. The average Bonchev–Trinajstić information content (AvgIpc) is 2.54. The second-order valence-corrected chi connectivity index (χ2v) is 5.71. The van der Waals surface area contributed by atoms with E-state index >= 15 is 0 Å². The number of hydrogen-bond acceptors (Lipinski definition) is 1. The van der Waals surface area contributed by atoms with Gasteiger partial charge in [0.1, 0.15) is 0 Å². The van der Waals surface area contributed by atoms with Crippen molar-refractivity contribution in [3.05, 3.63) is 35.0 Å². The van der Waals surface area contributed by atoms with E-state index in [4.69, 9.17) is 16.7 Å². The lowest BCUT2D eigenvalue weighted by molar-refractivity contribution is -0.146. The zero-order valence-electron chi connectivity index (χ0n) is 10.7. The Balaban J connectivity index is 2.42. The molecule has 0 fully saturated rings. The van der Waals surface area contributed by atoms with Crippen molar-refractivity contribution in [1.29, 1.82) is 0 Å². The number of aryl methyl sites for hydroxylation is 1. The molecule has 96 valence electrons. The molecule has 1 N–H and O–H groups in total. The summed E-state index contributed by atoms with van der Waals surface area (Å²) in [5, 5.41) is 10.8. The van der Waals surface area contributed by atoms with E-state index in [1.165, 1.54) is 0 Å². The predicted octanol–water partition coefficient (Wildman–Crippen LogP) is 3.49. The Morgan fingerprint density at radius 3 is 2.72 bits per heavy atom. The monoisotopic (exact) mass is 265 g/mol. The number of carbonyl (C=O) groups is 1. The van der Waals surface area contributed by atoms with Gasteiger partial charge in [0.15, 0.2) is 0 Å². The molecule has 0 bridgehead atoms. The van der Waals surface area contributed by atoms with E-state index in [1.54, 1.807) is 13.8 Å². The number of aromatic nitrogens is 1. The Labute approximate surface area is 111 Å². The highest BCUT2D eigenvalue weighted by molar-refractivity contribution is 6.35. The van der Waals surface area contributed by atoms with Gasteiger partial charge in [-0.1, -0.05) is 17.7 Å². The molecule has 0 atom stereocenters. The molecule has 0 amide bonds. The van der Waals surface area contributed by atoms with Crippen LogP contribution in [0.1, 0.15) is 19.4 Å². The fourth-order valence-corrected chi connectivity index (χ4v) is 2.38. The van der Waals surface area contributed by atoms with Crippen molar-refractivity contribution in [2.75, 3.05) is 0 Å². The zero-order chi connectivity index (χ0) is 13.5. The van der Waals surface area contributed by atoms with Crippen LogP contribution in [0, 0.1) is 5.41 Å². The summed E-state index contributed by atoms with van der Waals surface area (Å²) in [6.07, 6.45) is 2.35. The van der Waals surface area contributed by atoms with Gasteiger partial charge in [-0.2, -0.15) is 0 Å². The first-order valence-electron chi connectivity index (χ1n) is 5.78. The van der Waals surface area contributed by atoms with Crippen LogP contribution in [0.15, 0.2) is 24.4 Å². The molecular weight excluding hydrogens is 250 g/mol. The summed E-state index contributed by atoms with van der Waals surface area (Å²) in [6, 6.07) is 5.92. The topological polar surface area (TPSA) is 42.2 Å². The summed E-state index contributed by atoms with van der Waals surface area (Å²) in [7, 11) is 1.94. The molecule has 1 heterocycles. The van der Waals surface area contributed by atoms with Crippen LogP contribution < -0.4 is 0 Å². The maximum absolute atomic E-state index is 11.1. The Morgan fingerprint density at radius 1 is 1.44 bits per heavy atom. The second kappa shape index (κ2) is 4.32. The summed E-state index contributed by atoms with van der Waals surface area (Å²) in [5.41, 5.74) is 1.27. The molecule has 1 aromatic heterocycles. The molecular formula is C14H16ClNO2. The Bertz CT molecular complexity index is 614. The minimum absolute atomic E-state index is 0.490. The number of carboxylic acids is 1. The molecule has 3 nitrogen and oxygen atoms in total. The lowest BCUT2D eigenvalue weighted by Crippen LogP contribution is -2.26. The van der Waals surface area contributed by atoms with Gasteiger partial charge in [-0.25, -0.2) is 0 Å². The van der Waals surface area contributed by atoms with Gasteiger partial charge in [0, 0.05) is 24.1 Å². The van der Waals surface area contributed by atoms with Gasteiger partial charge in [-0.05, 0) is 38.0 Å². The lowest BCUT2D eigenvalue weighted by Gasteiger charge is -2.19. The summed E-state index contributed by atoms with van der Waals surface area (Å²) in [5.74, 6) is -0.790. The van der Waals surface area contributed by atoms with Crippen molar-refractivity contribution < 1.29 is 9.90 Å². The molecule has 0 radical (unpaired) electrons. The van der Waals surface area contributed by atoms with Crippen molar-refractivity contribution >= 4 is 28.5 Å². The predicted molar refractivity (Wildman–Crippen MR) is 73.0 cm³/mol. The highest BCUT2D eigenvalue weighted by Crippen LogP contribution is 2.29. The minimum Gasteiger partial charge on any atom is -0.481 e. The van der Waals surface area contributed by atoms with Gasteiger partial charge < -0.3 is 9.67 Å². The van der Waals surface area contributed by atoms with E-state index in [9.17, 15) is 4.79 Å². The van der Waals surface area contributed by atoms with Crippen LogP contribution in [-0.2, 0) is 18.3 Å². The van der Waals surface area contributed by atoms with Gasteiger partial charge >= 0.3 is 5.97 Å². The normalized spacial score (nSPS) is 12.0. The van der Waals surface area contributed by atoms with Crippen molar-refractivity contribution in [2.24, 2.45) is 12.5 Å². The quantitative estimate of drug-likeness (QED) is 0.923. The number of benzene rings is 1. The Kier molecular flexibility index (Phi) is 3.11. The van der Waals surface area contributed by atoms with Crippen LogP contribution in [0.4, 0.5) is 0 Å². The van der Waals surface area contributed by atoms with E-state index in [2.05, 4.69) is 0 Å². The molecule has 0 aliphatic carbocycles. The van der Waals surface area contributed by atoms with E-state index in [0.29, 0.717) is 11.4 Å². The largest absolute Gasteiger partial charge is 0.481 e. The van der Waals surface area contributed by atoms with Crippen LogP contribution in [0.5, 0.6) is 0 Å². The summed E-state index contributed by atoms with van der Waals surface area (Å²) >= 11 is 6.15. The number of fused-ring (bicyclic) bond motifs is 1. The standard InChI is InChI=1S/C14H16ClNO2/c1-14(2,13(17)18)7-9-4-5-12-10(6-9)11(15)8-16(12)3/h4-6,8H,7H2,1-3H3,(H,17,18). The van der Waals surface area contributed by atoms with Gasteiger partial charge in [-0.15, -0.1) is 0 Å². The highest BCUT2D eigenvalue weighted by atomic mass is 35.5. The molecule has 2 rings (SSSR count). The van der Waals surface area contributed by atoms with Crippen LogP contribution in [-0.4, -0.2) is 15.6 Å². The Morgan fingerprint density at radius 2 is 2.11 bits per heavy atom. The molecule has 0 saturated carbocycles. The molecule has 1 aromatic carbocycles. The van der Waals surface area contributed by atoms with E-state index < -0.39 is 11.4 Å². The molecule has 0 spiro atoms. The van der Waals surface area contributed by atoms with Crippen molar-refractivity contribution in [3.63, 3.8) is 0 Å². The Hall–Kier alpha value is -1.48. The van der Waals surface area contributed by atoms with Crippen molar-refractivity contribution in [2.45, 2.75) is 20.3 Å². The minimum atomic E-state index is -0.790. The summed E-state index contributed by atoms with van der Waals surface area (Å²) in [4.78, 5) is 11.1. The number of nitrogens with zero attached hydrogens (tertiary/aromatic N) is 1. The fraction of sp³-hybridized carbons (Fsp3) is 0.357. The van der Waals surface area contributed by atoms with Crippen LogP contribution in [0.2, 0.25) is 5.02 Å². The van der Waals surface area contributed by atoms with Crippen LogP contribution in [0.3, 0.4) is 0 Å². The third-order valence-electron chi connectivity index (χ3n) is 3.23. The molecule has 0 unspecified atom stereocenters. The SMILES string of the molecule is Cn1cc(Cl)c2cc(CC(C)(C)C(=O)O)ccc21. The van der Waals surface area contributed by atoms with E-state index in [-0.39, 0.29) is 0 Å². The third kappa shape index (κ3) is 2.23. The van der Waals surface area contributed by atoms with Crippen LogP contribution >= 0.6 is 11.6 Å². The molecule has 2 aromatic rings. The van der Waals surface area contributed by atoms with Crippen molar-refractivity contribution in [1.82, 2.24) is 4.57 Å². The maximum atomic E-state index is 11.1. The second-order valence-electron chi connectivity index (χ2n) is 5.31. The van der Waals surface area contributed by atoms with Gasteiger partial charge in [0.25, 0.3) is 0 Å². The summed E-state index contributed by atoms with van der Waals surface area (Å²) < 4.78 is 1.96. The molecule has 0 aliphatic heterocycles. The van der Waals surface area contributed by atoms with Gasteiger partial charge in [0.2, 0.25) is 0 Å². The maximum Gasteiger partial charge on any atom is 0.309 e. The first kappa shape index (κ1) is 13.0. The van der Waals surface area contributed by atoms with Crippen molar-refractivity contribution in [3.8, 4) is 0 Å². The van der Waals surface area contributed by atoms with Gasteiger partial charge in [0.05, 0.1) is 10.4 Å². The highest BCUT2D eigenvalue weighted by Gasteiger charge is 2.27. The zero-order valence-corrected chi connectivity index (χ0v) is 11.5. The smallest absolute Gasteiger partial charge is 0.309 e.